The number of hydrogen-bond acceptors (Lipinski definition) is 7. The van der Waals surface area contributed by atoms with Crippen LogP contribution in [-0.4, -0.2) is 96.4 Å². The van der Waals surface area contributed by atoms with Crippen LogP contribution in [0.5, 0.6) is 0 Å². The number of likely N-dealkylation sites (tertiary alicyclic amines) is 1. The number of anilines is 1. The average molecular weight is 647 g/mol. The van der Waals surface area contributed by atoms with Crippen LogP contribution in [0.2, 0.25) is 0 Å². The zero-order chi connectivity index (χ0) is 33.2. The number of aldehydes is 1. The van der Waals surface area contributed by atoms with Gasteiger partial charge in [0.2, 0.25) is 5.91 Å². The zero-order valence-corrected chi connectivity index (χ0v) is 27.9. The van der Waals surface area contributed by atoms with Crippen molar-refractivity contribution in [3.8, 4) is 0 Å². The van der Waals surface area contributed by atoms with Crippen LogP contribution in [0.15, 0.2) is 47.1 Å². The number of furan rings is 1. The van der Waals surface area contributed by atoms with Crippen molar-refractivity contribution in [2.75, 3.05) is 38.6 Å². The lowest BCUT2D eigenvalue weighted by Crippen LogP contribution is -2.58. The summed E-state index contributed by atoms with van der Waals surface area (Å²) in [7, 11) is 2.17. The van der Waals surface area contributed by atoms with Crippen molar-refractivity contribution in [2.24, 2.45) is 5.92 Å². The van der Waals surface area contributed by atoms with Gasteiger partial charge in [-0.3, -0.25) is 19.4 Å². The van der Waals surface area contributed by atoms with Crippen LogP contribution in [0.4, 0.5) is 10.1 Å². The maximum Gasteiger partial charge on any atom is 0.259 e. The predicted octanol–water partition coefficient (Wildman–Crippen LogP) is 5.44. The van der Waals surface area contributed by atoms with Gasteiger partial charge in [0.15, 0.2) is 0 Å². The molecule has 2 aromatic carbocycles. The molecule has 0 bridgehead atoms. The van der Waals surface area contributed by atoms with Crippen molar-refractivity contribution in [1.29, 1.82) is 0 Å². The van der Waals surface area contributed by atoms with E-state index < -0.39 is 5.82 Å². The number of benzene rings is 2. The summed E-state index contributed by atoms with van der Waals surface area (Å²) < 4.78 is 27.4. The second kappa shape index (κ2) is 14.3. The maximum absolute atomic E-state index is 15.6. The van der Waals surface area contributed by atoms with Gasteiger partial charge < -0.3 is 24.2 Å². The third-order valence-electron chi connectivity index (χ3n) is 10.8. The van der Waals surface area contributed by atoms with E-state index in [-0.39, 0.29) is 42.3 Å². The Balaban J connectivity index is 1.14. The minimum Gasteiger partial charge on any atom is -0.463 e. The predicted molar refractivity (Wildman–Crippen MR) is 179 cm³/mol. The van der Waals surface area contributed by atoms with Crippen LogP contribution >= 0.6 is 0 Å². The lowest BCUT2D eigenvalue weighted by Gasteiger charge is -2.44. The maximum atomic E-state index is 15.6. The van der Waals surface area contributed by atoms with Gasteiger partial charge >= 0.3 is 0 Å². The molecular formula is C37H47FN4O5. The summed E-state index contributed by atoms with van der Waals surface area (Å²) >= 11 is 0. The number of aryl methyl sites for hydroxylation is 1. The molecule has 9 nitrogen and oxygen atoms in total. The molecule has 0 spiro atoms. The van der Waals surface area contributed by atoms with Crippen LogP contribution in [0.3, 0.4) is 0 Å². The molecule has 3 fully saturated rings. The third-order valence-corrected chi connectivity index (χ3v) is 10.8. The van der Waals surface area contributed by atoms with E-state index in [4.69, 9.17) is 9.15 Å². The first-order chi connectivity index (χ1) is 22.6. The molecule has 10 heteroatoms. The number of rotatable bonds is 9. The molecule has 4 atom stereocenters. The normalized spacial score (nSPS) is 27.3. The van der Waals surface area contributed by atoms with Gasteiger partial charge in [0.1, 0.15) is 23.9 Å². The summed E-state index contributed by atoms with van der Waals surface area (Å²) in [4.78, 5) is 45.0. The van der Waals surface area contributed by atoms with E-state index in [2.05, 4.69) is 36.0 Å². The van der Waals surface area contributed by atoms with Gasteiger partial charge in [-0.05, 0) is 83.2 Å². The van der Waals surface area contributed by atoms with Crippen molar-refractivity contribution in [2.45, 2.75) is 89.6 Å². The Kier molecular flexibility index (Phi) is 10.1. The Morgan fingerprint density at radius 1 is 1.06 bits per heavy atom. The topological polar surface area (TPSA) is 95.3 Å². The molecule has 3 heterocycles. The van der Waals surface area contributed by atoms with Crippen LogP contribution in [-0.2, 0) is 20.7 Å². The van der Waals surface area contributed by atoms with Crippen molar-refractivity contribution in [3.63, 3.8) is 0 Å². The minimum absolute atomic E-state index is 0.0729. The van der Waals surface area contributed by atoms with E-state index in [1.807, 2.05) is 17.0 Å². The van der Waals surface area contributed by atoms with Gasteiger partial charge in [0.25, 0.3) is 5.91 Å². The highest BCUT2D eigenvalue weighted by Gasteiger charge is 2.41. The third kappa shape index (κ3) is 7.29. The Labute approximate surface area is 276 Å². The van der Waals surface area contributed by atoms with Gasteiger partial charge in [-0.15, -0.1) is 0 Å². The Bertz CT molecular complexity index is 1590. The Morgan fingerprint density at radius 3 is 2.51 bits per heavy atom. The molecule has 6 rings (SSSR count). The summed E-state index contributed by atoms with van der Waals surface area (Å²) in [6.07, 6.45) is 6.68. The number of carbonyl (C=O) groups excluding carboxylic acids is 3. The van der Waals surface area contributed by atoms with Crippen molar-refractivity contribution < 1.29 is 27.9 Å². The van der Waals surface area contributed by atoms with Gasteiger partial charge in [-0.1, -0.05) is 24.3 Å². The van der Waals surface area contributed by atoms with Gasteiger partial charge in [-0.2, -0.15) is 0 Å². The molecule has 3 aliphatic rings. The molecule has 0 unspecified atom stereocenters. The molecular weight excluding hydrogens is 599 g/mol. The number of nitrogens with zero attached hydrogens (tertiary/aromatic N) is 3. The second-order valence-corrected chi connectivity index (χ2v) is 13.9. The van der Waals surface area contributed by atoms with E-state index in [1.54, 1.807) is 25.1 Å². The van der Waals surface area contributed by atoms with Crippen molar-refractivity contribution >= 4 is 34.8 Å². The summed E-state index contributed by atoms with van der Waals surface area (Å²) in [6, 6.07) is 11.1. The molecule has 2 aliphatic heterocycles. The number of para-hydroxylation sites is 1. The number of nitrogens with one attached hydrogen (secondary N) is 1. The molecule has 47 heavy (non-hydrogen) atoms. The molecule has 1 N–H and O–H groups in total. The van der Waals surface area contributed by atoms with Crippen LogP contribution in [0, 0.1) is 18.7 Å². The number of hydrogen-bond donors (Lipinski definition) is 1. The largest absolute Gasteiger partial charge is 0.463 e. The molecule has 252 valence electrons. The number of fused-ring (bicyclic) bond motifs is 1. The number of piperazine rings is 1. The van der Waals surface area contributed by atoms with Gasteiger partial charge in [0.05, 0.1) is 30.7 Å². The van der Waals surface area contributed by atoms with Crippen molar-refractivity contribution in [1.82, 2.24) is 14.7 Å². The van der Waals surface area contributed by atoms with E-state index in [0.29, 0.717) is 58.6 Å². The first-order valence-corrected chi connectivity index (χ1v) is 17.0. The summed E-state index contributed by atoms with van der Waals surface area (Å²) in [5.41, 5.74) is 2.29. The first kappa shape index (κ1) is 33.3. The fourth-order valence-electron chi connectivity index (χ4n) is 7.62. The standard InChI is InChI=1S/C37H47FN4O5/c1-23-13-27(33(38)16-34(23)39-37(45)32-22-47-35-8-6-5-7-31(32)35)14-36(44)42-19-28(41-17-24(2)40(4)25(3)18-41)15-29(42)21-46-30-11-9-26(20-43)10-12-30/h5-8,13,16,20,22,24-26,28-30H,9-12,14-15,17-19,21H2,1-4H3,(H,39,45)/t24-,25+,26-,28-,29-,30-/m0/s1. The lowest BCUT2D eigenvalue weighted by molar-refractivity contribution is -0.133. The smallest absolute Gasteiger partial charge is 0.259 e. The van der Waals surface area contributed by atoms with E-state index in [0.717, 1.165) is 51.5 Å². The summed E-state index contributed by atoms with van der Waals surface area (Å²) in [5, 5.41) is 3.50. The number of likely N-dealkylation sites (N-methyl/N-ethyl adjacent to an activating group) is 1. The van der Waals surface area contributed by atoms with Crippen LogP contribution in [0.25, 0.3) is 11.0 Å². The monoisotopic (exact) mass is 646 g/mol. The zero-order valence-electron chi connectivity index (χ0n) is 27.9. The number of halogens is 1. The quantitative estimate of drug-likeness (QED) is 0.309. The molecule has 2 amide bonds. The van der Waals surface area contributed by atoms with Gasteiger partial charge in [0, 0.05) is 54.8 Å². The highest BCUT2D eigenvalue weighted by atomic mass is 19.1. The Hall–Kier alpha value is -3.60. The molecule has 2 saturated heterocycles. The number of carbonyl (C=O) groups is 3. The molecule has 0 radical (unpaired) electrons. The lowest BCUT2D eigenvalue weighted by atomic mass is 9.88. The summed E-state index contributed by atoms with van der Waals surface area (Å²) in [6.45, 7) is 9.18. The van der Waals surface area contributed by atoms with Crippen LogP contribution in [0.1, 0.15) is 67.4 Å². The minimum atomic E-state index is -0.534. The van der Waals surface area contributed by atoms with E-state index in [9.17, 15) is 14.4 Å². The second-order valence-electron chi connectivity index (χ2n) is 13.9. The number of amides is 2. The van der Waals surface area contributed by atoms with Crippen molar-refractivity contribution in [3.05, 3.63) is 65.2 Å². The summed E-state index contributed by atoms with van der Waals surface area (Å²) in [5.74, 6) is -0.928. The van der Waals surface area contributed by atoms with Gasteiger partial charge in [-0.25, -0.2) is 4.39 Å². The fourth-order valence-corrected chi connectivity index (χ4v) is 7.62. The highest BCUT2D eigenvalue weighted by Crippen LogP contribution is 2.31. The molecule has 1 aliphatic carbocycles. The molecule has 1 saturated carbocycles. The fraction of sp³-hybridized carbons (Fsp3) is 0.541. The Morgan fingerprint density at radius 2 is 1.79 bits per heavy atom. The van der Waals surface area contributed by atoms with Crippen LogP contribution < -0.4 is 5.32 Å². The van der Waals surface area contributed by atoms with E-state index >= 15 is 4.39 Å². The van der Waals surface area contributed by atoms with E-state index in [1.165, 1.54) is 12.3 Å². The molecule has 3 aromatic rings. The SMILES string of the molecule is Cc1cc(CC(=O)N2C[C@@H](N3C[C@@H](C)N(C)[C@@H](C)C3)C[C@H]2CO[C@H]2CC[C@H](C=O)CC2)c(F)cc1NC(=O)c1coc2ccccc12. The number of ether oxygens (including phenoxy) is 1. The molecule has 1 aromatic heterocycles. The average Bonchev–Trinajstić information content (AvgIpc) is 3.70. The highest BCUT2D eigenvalue weighted by molar-refractivity contribution is 6.12. The first-order valence-electron chi connectivity index (χ1n) is 17.0.